The van der Waals surface area contributed by atoms with Gasteiger partial charge in [-0.3, -0.25) is 0 Å². The molecule has 0 spiro atoms. The standard InChI is InChI=1S/C15H23NO3/c1-4-5-9-19-15-11-13(6-7-14(15)18-3)12-16-8-10-17-2/h4-7,11,16H,8-10,12H2,1-3H3. The molecule has 4 heteroatoms. The van der Waals surface area contributed by atoms with Crippen LogP contribution < -0.4 is 14.8 Å². The largest absolute Gasteiger partial charge is 0.493 e. The molecule has 0 aliphatic rings. The number of ether oxygens (including phenoxy) is 3. The van der Waals surface area contributed by atoms with Gasteiger partial charge in [-0.2, -0.15) is 0 Å². The number of nitrogens with one attached hydrogen (secondary N) is 1. The van der Waals surface area contributed by atoms with Gasteiger partial charge in [0.25, 0.3) is 0 Å². The van der Waals surface area contributed by atoms with E-state index < -0.39 is 0 Å². The summed E-state index contributed by atoms with van der Waals surface area (Å²) in [4.78, 5) is 0. The molecule has 0 aromatic heterocycles. The molecule has 0 radical (unpaired) electrons. The molecule has 106 valence electrons. The predicted molar refractivity (Wildman–Crippen MR) is 76.9 cm³/mol. The third-order valence-corrected chi connectivity index (χ3v) is 2.61. The zero-order chi connectivity index (χ0) is 13.9. The maximum atomic E-state index is 5.67. The Morgan fingerprint density at radius 2 is 2.05 bits per heavy atom. The maximum Gasteiger partial charge on any atom is 0.161 e. The van der Waals surface area contributed by atoms with Gasteiger partial charge in [-0.15, -0.1) is 0 Å². The van der Waals surface area contributed by atoms with Crippen LogP contribution in [0.4, 0.5) is 0 Å². The van der Waals surface area contributed by atoms with Gasteiger partial charge in [-0.05, 0) is 24.6 Å². The van der Waals surface area contributed by atoms with E-state index in [4.69, 9.17) is 14.2 Å². The van der Waals surface area contributed by atoms with Crippen molar-refractivity contribution in [3.63, 3.8) is 0 Å². The van der Waals surface area contributed by atoms with Gasteiger partial charge in [0.2, 0.25) is 0 Å². The monoisotopic (exact) mass is 265 g/mol. The summed E-state index contributed by atoms with van der Waals surface area (Å²) in [6, 6.07) is 5.96. The summed E-state index contributed by atoms with van der Waals surface area (Å²) in [6.07, 6.45) is 3.92. The highest BCUT2D eigenvalue weighted by Crippen LogP contribution is 2.28. The SMILES string of the molecule is CC=CCOc1cc(CNCCOC)ccc1OC. The van der Waals surface area contributed by atoms with E-state index in [0.717, 1.165) is 30.2 Å². The van der Waals surface area contributed by atoms with Gasteiger partial charge < -0.3 is 19.5 Å². The highest BCUT2D eigenvalue weighted by atomic mass is 16.5. The van der Waals surface area contributed by atoms with E-state index in [9.17, 15) is 0 Å². The van der Waals surface area contributed by atoms with Gasteiger partial charge in [0.05, 0.1) is 13.7 Å². The Hall–Kier alpha value is -1.52. The van der Waals surface area contributed by atoms with Crippen LogP contribution in [-0.4, -0.2) is 34.0 Å². The van der Waals surface area contributed by atoms with E-state index >= 15 is 0 Å². The maximum absolute atomic E-state index is 5.67. The second-order valence-corrected chi connectivity index (χ2v) is 4.03. The molecule has 19 heavy (non-hydrogen) atoms. The lowest BCUT2D eigenvalue weighted by Gasteiger charge is -2.11. The van der Waals surface area contributed by atoms with E-state index in [-0.39, 0.29) is 0 Å². The number of benzene rings is 1. The van der Waals surface area contributed by atoms with Gasteiger partial charge >= 0.3 is 0 Å². The first kappa shape index (κ1) is 15.5. The molecule has 0 saturated heterocycles. The Balaban J connectivity index is 2.60. The van der Waals surface area contributed by atoms with Crippen molar-refractivity contribution >= 4 is 0 Å². The summed E-state index contributed by atoms with van der Waals surface area (Å²) >= 11 is 0. The second kappa shape index (κ2) is 9.42. The van der Waals surface area contributed by atoms with Crippen LogP contribution in [0.1, 0.15) is 12.5 Å². The van der Waals surface area contributed by atoms with Crippen molar-refractivity contribution in [1.82, 2.24) is 5.32 Å². The van der Waals surface area contributed by atoms with E-state index in [0.29, 0.717) is 13.2 Å². The summed E-state index contributed by atoms with van der Waals surface area (Å²) in [5.74, 6) is 1.52. The molecule has 0 bridgehead atoms. The molecule has 0 amide bonds. The van der Waals surface area contributed by atoms with Gasteiger partial charge in [0.15, 0.2) is 11.5 Å². The van der Waals surface area contributed by atoms with E-state index in [2.05, 4.69) is 5.32 Å². The van der Waals surface area contributed by atoms with Gasteiger partial charge in [-0.25, -0.2) is 0 Å². The van der Waals surface area contributed by atoms with Crippen LogP contribution in [0.5, 0.6) is 11.5 Å². The Morgan fingerprint density at radius 3 is 2.74 bits per heavy atom. The fourth-order valence-electron chi connectivity index (χ4n) is 1.58. The minimum absolute atomic E-state index is 0.549. The molecular weight excluding hydrogens is 242 g/mol. The first-order valence-electron chi connectivity index (χ1n) is 6.42. The molecular formula is C15H23NO3. The van der Waals surface area contributed by atoms with Crippen molar-refractivity contribution in [2.75, 3.05) is 34.0 Å². The molecule has 1 rings (SSSR count). The van der Waals surface area contributed by atoms with Crippen LogP contribution in [-0.2, 0) is 11.3 Å². The Labute approximate surface area is 115 Å². The van der Waals surface area contributed by atoms with Crippen LogP contribution in [0.2, 0.25) is 0 Å². The van der Waals surface area contributed by atoms with Gasteiger partial charge in [0.1, 0.15) is 6.61 Å². The molecule has 0 unspecified atom stereocenters. The lowest BCUT2D eigenvalue weighted by Crippen LogP contribution is -2.18. The lowest BCUT2D eigenvalue weighted by molar-refractivity contribution is 0.199. The summed E-state index contributed by atoms with van der Waals surface area (Å²) in [7, 11) is 3.34. The Morgan fingerprint density at radius 1 is 1.21 bits per heavy atom. The van der Waals surface area contributed by atoms with Gasteiger partial charge in [0, 0.05) is 20.2 Å². The minimum Gasteiger partial charge on any atom is -0.493 e. The summed E-state index contributed by atoms with van der Waals surface area (Å²) in [5.41, 5.74) is 1.16. The first-order valence-corrected chi connectivity index (χ1v) is 6.42. The van der Waals surface area contributed by atoms with Gasteiger partial charge in [-0.1, -0.05) is 18.2 Å². The van der Waals surface area contributed by atoms with Crippen LogP contribution in [0, 0.1) is 0 Å². The first-order chi connectivity index (χ1) is 9.31. The molecule has 0 fully saturated rings. The van der Waals surface area contributed by atoms with Crippen molar-refractivity contribution in [3.8, 4) is 11.5 Å². The summed E-state index contributed by atoms with van der Waals surface area (Å²) < 4.78 is 15.9. The lowest BCUT2D eigenvalue weighted by atomic mass is 10.2. The number of rotatable bonds is 9. The third-order valence-electron chi connectivity index (χ3n) is 2.61. The number of allylic oxidation sites excluding steroid dienone is 1. The molecule has 0 aliphatic carbocycles. The Kier molecular flexibility index (Phi) is 7.70. The predicted octanol–water partition coefficient (Wildman–Crippen LogP) is 2.39. The summed E-state index contributed by atoms with van der Waals surface area (Å²) in [6.45, 7) is 4.84. The zero-order valence-electron chi connectivity index (χ0n) is 11.9. The van der Waals surface area contributed by atoms with Crippen LogP contribution in [0.15, 0.2) is 30.4 Å². The van der Waals surface area contributed by atoms with Crippen LogP contribution in [0.3, 0.4) is 0 Å². The summed E-state index contributed by atoms with van der Waals surface area (Å²) in [5, 5.41) is 3.30. The topological polar surface area (TPSA) is 39.7 Å². The average Bonchev–Trinajstić information content (AvgIpc) is 2.44. The number of hydrogen-bond donors (Lipinski definition) is 1. The van der Waals surface area contributed by atoms with Crippen molar-refractivity contribution in [3.05, 3.63) is 35.9 Å². The average molecular weight is 265 g/mol. The quantitative estimate of drug-likeness (QED) is 0.550. The molecule has 0 atom stereocenters. The molecule has 1 aromatic carbocycles. The van der Waals surface area contributed by atoms with E-state index in [1.807, 2.05) is 37.3 Å². The van der Waals surface area contributed by atoms with Crippen molar-refractivity contribution in [2.45, 2.75) is 13.5 Å². The van der Waals surface area contributed by atoms with Crippen molar-refractivity contribution in [2.24, 2.45) is 0 Å². The number of methoxy groups -OCH3 is 2. The van der Waals surface area contributed by atoms with Crippen molar-refractivity contribution < 1.29 is 14.2 Å². The smallest absolute Gasteiger partial charge is 0.161 e. The fraction of sp³-hybridized carbons (Fsp3) is 0.467. The minimum atomic E-state index is 0.549. The van der Waals surface area contributed by atoms with Crippen LogP contribution in [0.25, 0.3) is 0 Å². The molecule has 4 nitrogen and oxygen atoms in total. The third kappa shape index (κ3) is 5.77. The molecule has 0 heterocycles. The second-order valence-electron chi connectivity index (χ2n) is 4.03. The molecule has 1 N–H and O–H groups in total. The zero-order valence-corrected chi connectivity index (χ0v) is 11.9. The fourth-order valence-corrected chi connectivity index (χ4v) is 1.58. The highest BCUT2D eigenvalue weighted by Gasteiger charge is 2.05. The van der Waals surface area contributed by atoms with Crippen molar-refractivity contribution in [1.29, 1.82) is 0 Å². The van der Waals surface area contributed by atoms with E-state index in [1.54, 1.807) is 14.2 Å². The van der Waals surface area contributed by atoms with Crippen LogP contribution >= 0.6 is 0 Å². The van der Waals surface area contributed by atoms with E-state index in [1.165, 1.54) is 0 Å². The molecule has 0 saturated carbocycles. The number of hydrogen-bond acceptors (Lipinski definition) is 4. The Bertz CT molecular complexity index is 391. The highest BCUT2D eigenvalue weighted by molar-refractivity contribution is 5.43. The molecule has 0 aliphatic heterocycles. The normalized spacial score (nSPS) is 10.9. The molecule has 1 aromatic rings.